The Labute approximate surface area is 155 Å². The van der Waals surface area contributed by atoms with E-state index < -0.39 is 0 Å². The van der Waals surface area contributed by atoms with Crippen LogP contribution in [0.4, 0.5) is 5.00 Å². The van der Waals surface area contributed by atoms with Crippen LogP contribution in [0.15, 0.2) is 36.5 Å². The minimum absolute atomic E-state index is 0.136. The lowest BCUT2D eigenvalue weighted by molar-refractivity contribution is 0.557. The normalized spacial score (nSPS) is 16.2. The predicted octanol–water partition coefficient (Wildman–Crippen LogP) is 4.40. The lowest BCUT2D eigenvalue weighted by Crippen LogP contribution is -2.18. The summed E-state index contributed by atoms with van der Waals surface area (Å²) in [5.74, 6) is 0. The summed E-state index contributed by atoms with van der Waals surface area (Å²) in [6.45, 7) is 0.777. The first-order valence-corrected chi connectivity index (χ1v) is 9.31. The van der Waals surface area contributed by atoms with Crippen molar-refractivity contribution in [1.29, 1.82) is 5.26 Å². The molecule has 0 amide bonds. The molecule has 25 heavy (non-hydrogen) atoms. The van der Waals surface area contributed by atoms with Gasteiger partial charge in [0.25, 0.3) is 0 Å². The van der Waals surface area contributed by atoms with Crippen LogP contribution in [0.5, 0.6) is 0 Å². The van der Waals surface area contributed by atoms with Crippen molar-refractivity contribution in [2.75, 3.05) is 5.32 Å². The molecule has 4 rings (SSSR count). The van der Waals surface area contributed by atoms with E-state index in [9.17, 15) is 5.26 Å². The third-order valence-electron chi connectivity index (χ3n) is 4.51. The molecule has 7 heteroatoms. The van der Waals surface area contributed by atoms with E-state index in [2.05, 4.69) is 37.7 Å². The number of anilines is 1. The first-order chi connectivity index (χ1) is 12.3. The number of halogens is 1. The van der Waals surface area contributed by atoms with Gasteiger partial charge in [0.1, 0.15) is 16.6 Å². The second-order valence-corrected chi connectivity index (χ2v) is 7.20. The number of fused-ring (bicyclic) bond motifs is 1. The number of hydrogen-bond acceptors (Lipinski definition) is 5. The standard InChI is InChI=1S/C18H16ClN5S/c19-17-13(9-20)18(25-23-17)22-15-7-4-8-16-14(15)10-21-24(16)11-12-5-2-1-3-6-12/h1-3,5-6,10,15,22H,4,7-8,11H2/t15-/m0/s1. The summed E-state index contributed by atoms with van der Waals surface area (Å²) in [4.78, 5) is 0. The van der Waals surface area contributed by atoms with E-state index in [0.29, 0.717) is 5.56 Å². The monoisotopic (exact) mass is 369 g/mol. The van der Waals surface area contributed by atoms with Crippen molar-refractivity contribution >= 4 is 28.1 Å². The molecule has 5 nitrogen and oxygen atoms in total. The maximum Gasteiger partial charge on any atom is 0.162 e. The van der Waals surface area contributed by atoms with Gasteiger partial charge < -0.3 is 5.32 Å². The molecule has 1 N–H and O–H groups in total. The molecule has 1 aliphatic rings. The highest BCUT2D eigenvalue weighted by Gasteiger charge is 2.26. The SMILES string of the molecule is N#Cc1c(Cl)nsc1N[C@H]1CCCc2c1cnn2Cc1ccccc1. The minimum Gasteiger partial charge on any atom is -0.368 e. The van der Waals surface area contributed by atoms with Crippen LogP contribution in [0.3, 0.4) is 0 Å². The fraction of sp³-hybridized carbons (Fsp3) is 0.278. The van der Waals surface area contributed by atoms with Gasteiger partial charge in [-0.2, -0.15) is 14.7 Å². The fourth-order valence-corrected chi connectivity index (χ4v) is 4.27. The van der Waals surface area contributed by atoms with Gasteiger partial charge in [0.2, 0.25) is 0 Å². The van der Waals surface area contributed by atoms with Crippen molar-refractivity contribution in [1.82, 2.24) is 14.2 Å². The van der Waals surface area contributed by atoms with E-state index in [4.69, 9.17) is 11.6 Å². The zero-order valence-corrected chi connectivity index (χ0v) is 15.0. The largest absolute Gasteiger partial charge is 0.368 e. The van der Waals surface area contributed by atoms with Crippen LogP contribution < -0.4 is 5.32 Å². The Kier molecular flexibility index (Phi) is 4.43. The molecule has 0 radical (unpaired) electrons. The molecule has 1 aromatic carbocycles. The van der Waals surface area contributed by atoms with Gasteiger partial charge >= 0.3 is 0 Å². The summed E-state index contributed by atoms with van der Waals surface area (Å²) in [6.07, 6.45) is 5.06. The van der Waals surface area contributed by atoms with Gasteiger partial charge in [0, 0.05) is 11.3 Å². The Balaban J connectivity index is 1.60. The van der Waals surface area contributed by atoms with Gasteiger partial charge in [0.05, 0.1) is 18.8 Å². The molecule has 126 valence electrons. The molecule has 1 atom stereocenters. The van der Waals surface area contributed by atoms with Crippen LogP contribution in [0.1, 0.15) is 41.3 Å². The number of aromatic nitrogens is 3. The number of rotatable bonds is 4. The quantitative estimate of drug-likeness (QED) is 0.740. The minimum atomic E-state index is 0.136. The smallest absolute Gasteiger partial charge is 0.162 e. The lowest BCUT2D eigenvalue weighted by Gasteiger charge is -2.24. The van der Waals surface area contributed by atoms with E-state index in [1.54, 1.807) is 0 Å². The Morgan fingerprint density at radius 3 is 3.00 bits per heavy atom. The molecular weight excluding hydrogens is 354 g/mol. The Bertz CT molecular complexity index is 925. The van der Waals surface area contributed by atoms with Crippen LogP contribution in [0, 0.1) is 11.3 Å². The van der Waals surface area contributed by atoms with E-state index in [-0.39, 0.29) is 11.2 Å². The molecule has 0 saturated carbocycles. The number of nitrogens with one attached hydrogen (secondary N) is 1. The average Bonchev–Trinajstić information content (AvgIpc) is 3.20. The van der Waals surface area contributed by atoms with E-state index in [1.807, 2.05) is 24.4 Å². The van der Waals surface area contributed by atoms with Crippen LogP contribution in [0.2, 0.25) is 5.15 Å². The summed E-state index contributed by atoms with van der Waals surface area (Å²) in [7, 11) is 0. The maximum atomic E-state index is 9.26. The molecule has 2 heterocycles. The van der Waals surface area contributed by atoms with Crippen molar-refractivity contribution < 1.29 is 0 Å². The third-order valence-corrected chi connectivity index (χ3v) is 5.66. The lowest BCUT2D eigenvalue weighted by atomic mass is 9.93. The predicted molar refractivity (Wildman–Crippen MR) is 98.9 cm³/mol. The molecule has 0 unspecified atom stereocenters. The molecule has 0 bridgehead atoms. The van der Waals surface area contributed by atoms with Gasteiger partial charge in [-0.25, -0.2) is 0 Å². The van der Waals surface area contributed by atoms with Crippen molar-refractivity contribution in [3.8, 4) is 6.07 Å². The Morgan fingerprint density at radius 2 is 2.20 bits per heavy atom. The topological polar surface area (TPSA) is 66.5 Å². The van der Waals surface area contributed by atoms with E-state index in [0.717, 1.165) is 30.8 Å². The van der Waals surface area contributed by atoms with Crippen molar-refractivity contribution in [3.05, 3.63) is 64.1 Å². The Morgan fingerprint density at radius 1 is 1.36 bits per heavy atom. The van der Waals surface area contributed by atoms with Crippen molar-refractivity contribution in [2.24, 2.45) is 0 Å². The molecule has 1 aliphatic carbocycles. The first kappa shape index (κ1) is 16.1. The summed E-state index contributed by atoms with van der Waals surface area (Å²) < 4.78 is 6.16. The second-order valence-electron chi connectivity index (χ2n) is 6.07. The Hall–Kier alpha value is -2.36. The molecule has 3 aromatic rings. The maximum absolute atomic E-state index is 9.26. The van der Waals surface area contributed by atoms with Crippen molar-refractivity contribution in [3.63, 3.8) is 0 Å². The molecule has 0 aliphatic heterocycles. The highest BCUT2D eigenvalue weighted by molar-refractivity contribution is 7.10. The number of hydrogen-bond donors (Lipinski definition) is 1. The van der Waals surface area contributed by atoms with E-state index in [1.165, 1.54) is 28.4 Å². The molecule has 2 aromatic heterocycles. The van der Waals surface area contributed by atoms with Crippen molar-refractivity contribution in [2.45, 2.75) is 31.8 Å². The van der Waals surface area contributed by atoms with Gasteiger partial charge in [-0.3, -0.25) is 4.68 Å². The number of nitriles is 1. The highest BCUT2D eigenvalue weighted by Crippen LogP contribution is 2.36. The van der Waals surface area contributed by atoms with Gasteiger partial charge in [0.15, 0.2) is 5.15 Å². The summed E-state index contributed by atoms with van der Waals surface area (Å²) in [6, 6.07) is 12.6. The van der Waals surface area contributed by atoms with Crippen LogP contribution in [-0.4, -0.2) is 14.2 Å². The fourth-order valence-electron chi connectivity index (χ4n) is 3.29. The van der Waals surface area contributed by atoms with Crippen LogP contribution >= 0.6 is 23.1 Å². The molecule has 0 saturated heterocycles. The van der Waals surface area contributed by atoms with Crippen LogP contribution in [0.25, 0.3) is 0 Å². The van der Waals surface area contributed by atoms with E-state index >= 15 is 0 Å². The average molecular weight is 370 g/mol. The highest BCUT2D eigenvalue weighted by atomic mass is 35.5. The van der Waals surface area contributed by atoms with Crippen LogP contribution in [-0.2, 0) is 13.0 Å². The first-order valence-electron chi connectivity index (χ1n) is 8.16. The molecular formula is C18H16ClN5S. The zero-order chi connectivity index (χ0) is 17.2. The summed E-state index contributed by atoms with van der Waals surface area (Å²) in [5, 5.41) is 18.3. The summed E-state index contributed by atoms with van der Waals surface area (Å²) >= 11 is 7.21. The summed E-state index contributed by atoms with van der Waals surface area (Å²) in [5.41, 5.74) is 4.14. The molecule has 0 fully saturated rings. The second kappa shape index (κ2) is 6.87. The third kappa shape index (κ3) is 3.13. The zero-order valence-electron chi connectivity index (χ0n) is 13.4. The van der Waals surface area contributed by atoms with Gasteiger partial charge in [-0.15, -0.1) is 0 Å². The van der Waals surface area contributed by atoms with Gasteiger partial charge in [-0.05, 0) is 36.4 Å². The number of nitrogens with zero attached hydrogens (tertiary/aromatic N) is 4. The number of benzene rings is 1. The van der Waals surface area contributed by atoms with Gasteiger partial charge in [-0.1, -0.05) is 41.9 Å². The molecule has 0 spiro atoms.